The molecule has 0 radical (unpaired) electrons. The number of nitrogens with zero attached hydrogens (tertiary/aromatic N) is 1. The first kappa shape index (κ1) is 14.5. The van der Waals surface area contributed by atoms with Crippen LogP contribution in [0.25, 0.3) is 10.6 Å². The fourth-order valence-corrected chi connectivity index (χ4v) is 2.71. The van der Waals surface area contributed by atoms with E-state index in [1.807, 2.05) is 43.5 Å². The van der Waals surface area contributed by atoms with E-state index in [0.717, 1.165) is 22.0 Å². The normalized spacial score (nSPS) is 10.3. The Labute approximate surface area is 122 Å². The van der Waals surface area contributed by atoms with Crippen LogP contribution in [0.4, 0.5) is 0 Å². The lowest BCUT2D eigenvalue weighted by Gasteiger charge is -2.07. The topological polar surface area (TPSA) is 51.2 Å². The number of carbonyl (C=O) groups is 1. The summed E-state index contributed by atoms with van der Waals surface area (Å²) in [5, 5.41) is 5.58. The molecule has 0 fully saturated rings. The van der Waals surface area contributed by atoms with Crippen molar-refractivity contribution < 1.29 is 9.53 Å². The van der Waals surface area contributed by atoms with Crippen LogP contribution in [0.15, 0.2) is 29.6 Å². The highest BCUT2D eigenvalue weighted by Crippen LogP contribution is 2.32. The van der Waals surface area contributed by atoms with Crippen LogP contribution < -0.4 is 10.1 Å². The molecule has 0 bridgehead atoms. The summed E-state index contributed by atoms with van der Waals surface area (Å²) >= 11 is 1.53. The summed E-state index contributed by atoms with van der Waals surface area (Å²) < 4.78 is 5.61. The quantitative estimate of drug-likeness (QED) is 0.890. The lowest BCUT2D eigenvalue weighted by molar-refractivity contribution is -0.120. The van der Waals surface area contributed by atoms with Crippen molar-refractivity contribution in [1.29, 1.82) is 0 Å². The fourth-order valence-electron chi connectivity index (χ4n) is 1.86. The zero-order valence-electron chi connectivity index (χ0n) is 11.7. The minimum Gasteiger partial charge on any atom is -0.493 e. The van der Waals surface area contributed by atoms with E-state index >= 15 is 0 Å². The first-order chi connectivity index (χ1) is 9.74. The van der Waals surface area contributed by atoms with Gasteiger partial charge in [-0.1, -0.05) is 12.1 Å². The smallest absolute Gasteiger partial charge is 0.226 e. The van der Waals surface area contributed by atoms with E-state index in [1.165, 1.54) is 11.3 Å². The fraction of sp³-hybridized carbons (Fsp3) is 0.333. The second-order valence-corrected chi connectivity index (χ2v) is 5.06. The van der Waals surface area contributed by atoms with Crippen molar-refractivity contribution in [2.75, 3.05) is 13.2 Å². The predicted octanol–water partition coefficient (Wildman–Crippen LogP) is 2.89. The van der Waals surface area contributed by atoms with Gasteiger partial charge >= 0.3 is 0 Å². The summed E-state index contributed by atoms with van der Waals surface area (Å²) in [6.45, 7) is 5.12. The average Bonchev–Trinajstić information content (AvgIpc) is 2.88. The van der Waals surface area contributed by atoms with Gasteiger partial charge in [-0.2, -0.15) is 0 Å². The SMILES string of the molecule is CCNC(=O)Cc1csc(-c2ccccc2OCC)n1. The number of benzene rings is 1. The third-order valence-electron chi connectivity index (χ3n) is 2.68. The molecule has 1 N–H and O–H groups in total. The summed E-state index contributed by atoms with van der Waals surface area (Å²) in [5.41, 5.74) is 1.77. The molecule has 0 aliphatic heterocycles. The van der Waals surface area contributed by atoms with Gasteiger partial charge in [0.1, 0.15) is 10.8 Å². The molecule has 0 unspecified atom stereocenters. The van der Waals surface area contributed by atoms with Gasteiger partial charge in [0.25, 0.3) is 0 Å². The number of carbonyl (C=O) groups excluding carboxylic acids is 1. The van der Waals surface area contributed by atoms with Crippen LogP contribution in [0, 0.1) is 0 Å². The summed E-state index contributed by atoms with van der Waals surface area (Å²) in [6, 6.07) is 7.82. The number of hydrogen-bond donors (Lipinski definition) is 1. The maximum absolute atomic E-state index is 11.6. The molecule has 0 spiro atoms. The van der Waals surface area contributed by atoms with Crippen molar-refractivity contribution in [1.82, 2.24) is 10.3 Å². The third kappa shape index (κ3) is 3.57. The maximum atomic E-state index is 11.6. The van der Waals surface area contributed by atoms with Gasteiger partial charge in [0.2, 0.25) is 5.91 Å². The van der Waals surface area contributed by atoms with E-state index < -0.39 is 0 Å². The van der Waals surface area contributed by atoms with Crippen molar-refractivity contribution in [3.05, 3.63) is 35.3 Å². The number of para-hydroxylation sites is 1. The van der Waals surface area contributed by atoms with Crippen LogP contribution in [-0.2, 0) is 11.2 Å². The molecule has 2 aromatic rings. The molecule has 1 aromatic carbocycles. The van der Waals surface area contributed by atoms with E-state index in [1.54, 1.807) is 0 Å². The van der Waals surface area contributed by atoms with Gasteiger partial charge in [0.15, 0.2) is 0 Å². The number of hydrogen-bond acceptors (Lipinski definition) is 4. The lowest BCUT2D eigenvalue weighted by Crippen LogP contribution is -2.24. The highest BCUT2D eigenvalue weighted by Gasteiger charge is 2.11. The molecule has 1 heterocycles. The zero-order valence-corrected chi connectivity index (χ0v) is 12.5. The Balaban J connectivity index is 2.18. The second-order valence-electron chi connectivity index (χ2n) is 4.20. The summed E-state index contributed by atoms with van der Waals surface area (Å²) in [5.74, 6) is 0.830. The van der Waals surface area contributed by atoms with Crippen LogP contribution in [-0.4, -0.2) is 24.0 Å². The first-order valence-electron chi connectivity index (χ1n) is 6.67. The molecule has 1 amide bonds. The molecule has 1 aromatic heterocycles. The number of aromatic nitrogens is 1. The second kappa shape index (κ2) is 7.05. The Morgan fingerprint density at radius 2 is 2.15 bits per heavy atom. The van der Waals surface area contributed by atoms with Gasteiger partial charge in [0, 0.05) is 11.9 Å². The van der Waals surface area contributed by atoms with Crippen molar-refractivity contribution in [3.8, 4) is 16.3 Å². The first-order valence-corrected chi connectivity index (χ1v) is 7.55. The molecule has 4 nitrogen and oxygen atoms in total. The van der Waals surface area contributed by atoms with E-state index in [0.29, 0.717) is 19.6 Å². The van der Waals surface area contributed by atoms with Crippen LogP contribution in [0.5, 0.6) is 5.75 Å². The molecular weight excluding hydrogens is 272 g/mol. The van der Waals surface area contributed by atoms with Gasteiger partial charge < -0.3 is 10.1 Å². The van der Waals surface area contributed by atoms with E-state index in [-0.39, 0.29) is 5.91 Å². The molecule has 5 heteroatoms. The number of amides is 1. The van der Waals surface area contributed by atoms with E-state index in [4.69, 9.17) is 4.74 Å². The van der Waals surface area contributed by atoms with Gasteiger partial charge in [-0.05, 0) is 26.0 Å². The summed E-state index contributed by atoms with van der Waals surface area (Å²) in [6.07, 6.45) is 0.321. The third-order valence-corrected chi connectivity index (χ3v) is 3.61. The molecule has 2 rings (SSSR count). The van der Waals surface area contributed by atoms with Crippen LogP contribution in [0.3, 0.4) is 0 Å². The van der Waals surface area contributed by atoms with Crippen molar-refractivity contribution >= 4 is 17.2 Å². The molecule has 106 valence electrons. The Hall–Kier alpha value is -1.88. The highest BCUT2D eigenvalue weighted by atomic mass is 32.1. The number of ether oxygens (including phenoxy) is 1. The molecule has 0 saturated carbocycles. The van der Waals surface area contributed by atoms with E-state index in [9.17, 15) is 4.79 Å². The van der Waals surface area contributed by atoms with Gasteiger partial charge in [0.05, 0.1) is 24.3 Å². The molecule has 0 aliphatic carbocycles. The van der Waals surface area contributed by atoms with E-state index in [2.05, 4.69) is 10.3 Å². The van der Waals surface area contributed by atoms with Crippen LogP contribution in [0.1, 0.15) is 19.5 Å². The average molecular weight is 290 g/mol. The number of likely N-dealkylation sites (N-methyl/N-ethyl adjacent to an activating group) is 1. The van der Waals surface area contributed by atoms with Gasteiger partial charge in [-0.3, -0.25) is 4.79 Å². The number of rotatable bonds is 6. The molecular formula is C15H18N2O2S. The Morgan fingerprint density at radius 3 is 2.90 bits per heavy atom. The predicted molar refractivity (Wildman–Crippen MR) is 81.1 cm³/mol. The van der Waals surface area contributed by atoms with Crippen molar-refractivity contribution in [2.24, 2.45) is 0 Å². The number of thiazole rings is 1. The Bertz CT molecular complexity index is 581. The lowest BCUT2D eigenvalue weighted by atomic mass is 10.2. The molecule has 0 atom stereocenters. The Kier molecular flexibility index (Phi) is 5.12. The maximum Gasteiger partial charge on any atom is 0.226 e. The zero-order chi connectivity index (χ0) is 14.4. The summed E-state index contributed by atoms with van der Waals surface area (Å²) in [4.78, 5) is 16.1. The van der Waals surface area contributed by atoms with Crippen molar-refractivity contribution in [2.45, 2.75) is 20.3 Å². The van der Waals surface area contributed by atoms with Crippen LogP contribution >= 0.6 is 11.3 Å². The number of nitrogens with one attached hydrogen (secondary N) is 1. The molecule has 20 heavy (non-hydrogen) atoms. The minimum atomic E-state index is 0.00226. The largest absolute Gasteiger partial charge is 0.493 e. The minimum absolute atomic E-state index is 0.00226. The highest BCUT2D eigenvalue weighted by molar-refractivity contribution is 7.13. The molecule has 0 saturated heterocycles. The van der Waals surface area contributed by atoms with Gasteiger partial charge in [-0.15, -0.1) is 11.3 Å². The molecule has 0 aliphatic rings. The summed E-state index contributed by atoms with van der Waals surface area (Å²) in [7, 11) is 0. The van der Waals surface area contributed by atoms with Gasteiger partial charge in [-0.25, -0.2) is 4.98 Å². The van der Waals surface area contributed by atoms with Crippen molar-refractivity contribution in [3.63, 3.8) is 0 Å². The monoisotopic (exact) mass is 290 g/mol. The standard InChI is InChI=1S/C15H18N2O2S/c1-3-16-14(18)9-11-10-20-15(17-11)12-7-5-6-8-13(12)19-4-2/h5-8,10H,3-4,9H2,1-2H3,(H,16,18). The van der Waals surface area contributed by atoms with Crippen LogP contribution in [0.2, 0.25) is 0 Å². The Morgan fingerprint density at radius 1 is 1.35 bits per heavy atom.